The molecule has 2 aliphatic rings. The number of hydrogen-bond acceptors (Lipinski definition) is 0. The van der Waals surface area contributed by atoms with Gasteiger partial charge in [0.2, 0.25) is 0 Å². The van der Waals surface area contributed by atoms with Crippen LogP contribution >= 0.6 is 15.9 Å². The van der Waals surface area contributed by atoms with Gasteiger partial charge in [0.25, 0.3) is 0 Å². The fourth-order valence-electron chi connectivity index (χ4n) is 3.80. The van der Waals surface area contributed by atoms with Crippen molar-refractivity contribution >= 4 is 15.9 Å². The number of alkyl halides is 1. The minimum atomic E-state index is 0.624. The highest BCUT2D eigenvalue weighted by molar-refractivity contribution is 9.09. The molecule has 0 amide bonds. The molecular weight excluding hydrogens is 272 g/mol. The molecule has 2 unspecified atom stereocenters. The lowest BCUT2D eigenvalue weighted by molar-refractivity contribution is 0.185. The fourth-order valence-corrected chi connectivity index (χ4v) is 4.78. The van der Waals surface area contributed by atoms with E-state index >= 15 is 0 Å². The van der Waals surface area contributed by atoms with Gasteiger partial charge in [0.05, 0.1) is 0 Å². The van der Waals surface area contributed by atoms with E-state index in [9.17, 15) is 0 Å². The summed E-state index contributed by atoms with van der Waals surface area (Å²) in [4.78, 5) is 0. The van der Waals surface area contributed by atoms with E-state index in [2.05, 4.69) is 46.3 Å². The van der Waals surface area contributed by atoms with Crippen LogP contribution in [0.5, 0.6) is 0 Å². The highest BCUT2D eigenvalue weighted by Crippen LogP contribution is 2.62. The predicted molar refractivity (Wildman–Crippen MR) is 76.6 cm³/mol. The quantitative estimate of drug-likeness (QED) is 0.677. The lowest BCUT2D eigenvalue weighted by Gasteiger charge is -2.36. The second-order valence-electron chi connectivity index (χ2n) is 5.92. The van der Waals surface area contributed by atoms with Gasteiger partial charge in [-0.3, -0.25) is 0 Å². The first-order valence-corrected chi connectivity index (χ1v) is 8.09. The Balaban J connectivity index is 1.74. The Hall–Kier alpha value is -0.300. The third kappa shape index (κ3) is 2.19. The van der Waals surface area contributed by atoms with Crippen LogP contribution in [0.4, 0.5) is 0 Å². The lowest BCUT2D eigenvalue weighted by Crippen LogP contribution is -2.28. The van der Waals surface area contributed by atoms with E-state index in [1.165, 1.54) is 43.9 Å². The molecule has 0 saturated heterocycles. The van der Waals surface area contributed by atoms with Crippen molar-refractivity contribution in [3.8, 4) is 0 Å². The summed E-state index contributed by atoms with van der Waals surface area (Å²) in [6, 6.07) is 11.1. The number of halogens is 1. The van der Waals surface area contributed by atoms with Gasteiger partial charge >= 0.3 is 0 Å². The van der Waals surface area contributed by atoms with Crippen LogP contribution in [-0.2, 0) is 0 Å². The Morgan fingerprint density at radius 3 is 2.41 bits per heavy atom. The molecule has 2 fully saturated rings. The second kappa shape index (κ2) is 4.76. The van der Waals surface area contributed by atoms with E-state index in [0.717, 1.165) is 11.8 Å². The molecule has 0 heterocycles. The normalized spacial score (nSPS) is 31.1. The smallest absolute Gasteiger partial charge is 0.00908 e. The monoisotopic (exact) mass is 292 g/mol. The van der Waals surface area contributed by atoms with Gasteiger partial charge < -0.3 is 0 Å². The van der Waals surface area contributed by atoms with Gasteiger partial charge in [-0.15, -0.1) is 0 Å². The number of rotatable bonds is 3. The summed E-state index contributed by atoms with van der Waals surface area (Å²) in [6.45, 7) is 0. The molecule has 17 heavy (non-hydrogen) atoms. The van der Waals surface area contributed by atoms with Gasteiger partial charge in [-0.25, -0.2) is 0 Å². The summed E-state index contributed by atoms with van der Waals surface area (Å²) < 4.78 is 0. The van der Waals surface area contributed by atoms with Crippen LogP contribution in [0.15, 0.2) is 30.3 Å². The van der Waals surface area contributed by atoms with Gasteiger partial charge in [-0.05, 0) is 42.1 Å². The zero-order valence-electron chi connectivity index (χ0n) is 10.4. The molecular formula is C16H21Br. The van der Waals surface area contributed by atoms with Crippen LogP contribution in [0.3, 0.4) is 0 Å². The Morgan fingerprint density at radius 2 is 1.76 bits per heavy atom. The Morgan fingerprint density at radius 1 is 1.06 bits per heavy atom. The first-order chi connectivity index (χ1) is 8.36. The zero-order chi connectivity index (χ0) is 11.7. The van der Waals surface area contributed by atoms with Crippen molar-refractivity contribution in [3.63, 3.8) is 0 Å². The Bertz CT molecular complexity index is 364. The van der Waals surface area contributed by atoms with Gasteiger partial charge in [0, 0.05) is 5.33 Å². The van der Waals surface area contributed by atoms with Crippen molar-refractivity contribution in [1.82, 2.24) is 0 Å². The van der Waals surface area contributed by atoms with Crippen LogP contribution in [0.2, 0.25) is 0 Å². The van der Waals surface area contributed by atoms with Crippen LogP contribution in [0.1, 0.15) is 50.0 Å². The first kappa shape index (κ1) is 11.8. The van der Waals surface area contributed by atoms with Crippen molar-refractivity contribution in [1.29, 1.82) is 0 Å². The molecule has 0 nitrogen and oxygen atoms in total. The molecule has 92 valence electrons. The van der Waals surface area contributed by atoms with E-state index in [-0.39, 0.29) is 0 Å². The van der Waals surface area contributed by atoms with Gasteiger partial charge in [0.15, 0.2) is 0 Å². The van der Waals surface area contributed by atoms with Crippen LogP contribution in [-0.4, -0.2) is 5.33 Å². The molecule has 3 rings (SSSR count). The van der Waals surface area contributed by atoms with Crippen molar-refractivity contribution in [2.24, 2.45) is 11.3 Å². The zero-order valence-corrected chi connectivity index (χ0v) is 12.0. The van der Waals surface area contributed by atoms with Crippen molar-refractivity contribution in [2.75, 3.05) is 5.33 Å². The molecule has 1 aromatic rings. The molecule has 2 aliphatic carbocycles. The Kier molecular flexibility index (Phi) is 3.30. The molecule has 0 bridgehead atoms. The van der Waals surface area contributed by atoms with E-state index in [1.807, 2.05) is 0 Å². The summed E-state index contributed by atoms with van der Waals surface area (Å²) >= 11 is 3.81. The maximum absolute atomic E-state index is 3.81. The third-order valence-corrected chi connectivity index (χ3v) is 6.04. The lowest BCUT2D eigenvalue weighted by atomic mass is 9.71. The average molecular weight is 293 g/mol. The topological polar surface area (TPSA) is 0 Å². The van der Waals surface area contributed by atoms with Crippen molar-refractivity contribution in [2.45, 2.75) is 44.4 Å². The first-order valence-electron chi connectivity index (χ1n) is 6.97. The summed E-state index contributed by atoms with van der Waals surface area (Å²) in [5.41, 5.74) is 2.20. The van der Waals surface area contributed by atoms with Gasteiger partial charge in [-0.1, -0.05) is 65.5 Å². The molecule has 1 heteroatoms. The van der Waals surface area contributed by atoms with Crippen molar-refractivity contribution in [3.05, 3.63) is 35.9 Å². The van der Waals surface area contributed by atoms with Gasteiger partial charge in [0.1, 0.15) is 0 Å². The summed E-state index contributed by atoms with van der Waals surface area (Å²) in [7, 11) is 0. The summed E-state index contributed by atoms with van der Waals surface area (Å²) in [5, 5.41) is 1.22. The maximum atomic E-state index is 3.81. The molecule has 0 N–H and O–H groups in total. The molecule has 1 aromatic carbocycles. The largest absolute Gasteiger partial charge is 0.0922 e. The molecule has 0 aliphatic heterocycles. The second-order valence-corrected chi connectivity index (χ2v) is 6.48. The minimum absolute atomic E-state index is 0.624. The third-order valence-electron chi connectivity index (χ3n) is 4.92. The molecule has 0 aromatic heterocycles. The van der Waals surface area contributed by atoms with E-state index in [1.54, 1.807) is 5.56 Å². The number of benzene rings is 1. The maximum Gasteiger partial charge on any atom is 0.00908 e. The number of hydrogen-bond donors (Lipinski definition) is 0. The minimum Gasteiger partial charge on any atom is -0.0922 e. The van der Waals surface area contributed by atoms with E-state index < -0.39 is 0 Å². The van der Waals surface area contributed by atoms with Crippen LogP contribution in [0, 0.1) is 11.3 Å². The summed E-state index contributed by atoms with van der Waals surface area (Å²) in [6.07, 6.45) is 8.68. The molecule has 2 saturated carbocycles. The van der Waals surface area contributed by atoms with Crippen LogP contribution < -0.4 is 0 Å². The van der Waals surface area contributed by atoms with Crippen molar-refractivity contribution < 1.29 is 0 Å². The highest BCUT2D eigenvalue weighted by atomic mass is 79.9. The summed E-state index contributed by atoms with van der Waals surface area (Å²) in [5.74, 6) is 1.80. The average Bonchev–Trinajstić information content (AvgIpc) is 3.21. The molecule has 0 radical (unpaired) electrons. The van der Waals surface area contributed by atoms with Crippen LogP contribution in [0.25, 0.3) is 0 Å². The standard InChI is InChI=1S/C16H21Br/c17-12-16(9-5-2-6-10-16)15-11-14(15)13-7-3-1-4-8-13/h1,3-4,7-8,14-15H,2,5-6,9-12H2. The fraction of sp³-hybridized carbons (Fsp3) is 0.625. The highest BCUT2D eigenvalue weighted by Gasteiger charge is 2.52. The Labute approximate surface area is 113 Å². The molecule has 2 atom stereocenters. The van der Waals surface area contributed by atoms with E-state index in [0.29, 0.717) is 5.41 Å². The molecule has 0 spiro atoms. The van der Waals surface area contributed by atoms with Gasteiger partial charge in [-0.2, -0.15) is 0 Å². The predicted octanol–water partition coefficient (Wildman–Crippen LogP) is 5.14. The SMILES string of the molecule is BrCC1(C2CC2c2ccccc2)CCCCC1. The van der Waals surface area contributed by atoms with E-state index in [4.69, 9.17) is 0 Å².